The fourth-order valence-corrected chi connectivity index (χ4v) is 3.30. The maximum Gasteiger partial charge on any atom is 0.357 e. The van der Waals surface area contributed by atoms with Crippen molar-refractivity contribution in [2.24, 2.45) is 0 Å². The molecule has 0 aliphatic heterocycles. The fraction of sp³-hybridized carbons (Fsp3) is 0.100. The van der Waals surface area contributed by atoms with Gasteiger partial charge in [0.25, 0.3) is 0 Å². The van der Waals surface area contributed by atoms with E-state index in [1.165, 1.54) is 0 Å². The number of halogens is 1. The van der Waals surface area contributed by atoms with Crippen LogP contribution in [0, 0.1) is 0 Å². The molecule has 0 saturated heterocycles. The van der Waals surface area contributed by atoms with Crippen molar-refractivity contribution in [3.05, 3.63) is 71.0 Å². The topological polar surface area (TPSA) is 75.0 Å². The Kier molecular flexibility index (Phi) is 4.01. The second-order valence-corrected chi connectivity index (χ2v) is 6.40. The van der Waals surface area contributed by atoms with Crippen molar-refractivity contribution in [3.63, 3.8) is 0 Å². The van der Waals surface area contributed by atoms with Gasteiger partial charge in [0.05, 0.1) is 5.02 Å². The maximum absolute atomic E-state index is 12.7. The monoisotopic (exact) mass is 366 g/mol. The molecule has 0 radical (unpaired) electrons. The summed E-state index contributed by atoms with van der Waals surface area (Å²) >= 11 is 6.27. The van der Waals surface area contributed by atoms with Crippen LogP contribution in [-0.4, -0.2) is 27.8 Å². The molecule has 0 saturated carbocycles. The molecule has 4 rings (SSSR count). The lowest BCUT2D eigenvalue weighted by atomic mass is 10.1. The number of benzene rings is 2. The lowest BCUT2D eigenvalue weighted by molar-refractivity contribution is 0.0315. The number of hydrogen-bond acceptors (Lipinski definition) is 3. The molecule has 0 fully saturated rings. The summed E-state index contributed by atoms with van der Waals surface area (Å²) in [5.74, 6) is -0.935. The summed E-state index contributed by atoms with van der Waals surface area (Å²) in [5, 5.41) is 1.82. The molecule has 0 bridgehead atoms. The van der Waals surface area contributed by atoms with Crippen LogP contribution in [0.5, 0.6) is 0 Å². The van der Waals surface area contributed by atoms with Gasteiger partial charge in [-0.3, -0.25) is 4.79 Å². The van der Waals surface area contributed by atoms with Gasteiger partial charge < -0.3 is 14.7 Å². The lowest BCUT2D eigenvalue weighted by Crippen LogP contribution is -2.24. The van der Waals surface area contributed by atoms with Gasteiger partial charge in [-0.05, 0) is 19.1 Å². The molecular formula is C20H15ClN2O3. The van der Waals surface area contributed by atoms with Crippen LogP contribution in [0.25, 0.3) is 21.8 Å². The fourth-order valence-electron chi connectivity index (χ4n) is 3.02. The van der Waals surface area contributed by atoms with Gasteiger partial charge in [0.15, 0.2) is 6.10 Å². The van der Waals surface area contributed by atoms with Crippen LogP contribution in [0.4, 0.5) is 0 Å². The largest absolute Gasteiger partial charge is 0.450 e. The van der Waals surface area contributed by atoms with Crippen molar-refractivity contribution in [1.29, 1.82) is 0 Å². The number of carbonyl (C=O) groups is 2. The Morgan fingerprint density at radius 2 is 1.65 bits per heavy atom. The van der Waals surface area contributed by atoms with Gasteiger partial charge >= 0.3 is 5.97 Å². The summed E-state index contributed by atoms with van der Waals surface area (Å²) in [6.45, 7) is 1.55. The van der Waals surface area contributed by atoms with E-state index in [1.54, 1.807) is 13.1 Å². The van der Waals surface area contributed by atoms with Crippen molar-refractivity contribution in [3.8, 4) is 0 Å². The highest BCUT2D eigenvalue weighted by atomic mass is 35.5. The zero-order chi connectivity index (χ0) is 18.3. The molecule has 0 spiro atoms. The van der Waals surface area contributed by atoms with Gasteiger partial charge in [0, 0.05) is 33.6 Å². The number of carbonyl (C=O) groups excluding carboxylic acids is 2. The van der Waals surface area contributed by atoms with Crippen LogP contribution < -0.4 is 0 Å². The summed E-state index contributed by atoms with van der Waals surface area (Å²) in [5.41, 5.74) is 2.23. The van der Waals surface area contributed by atoms with E-state index in [-0.39, 0.29) is 16.5 Å². The molecule has 0 aliphatic carbocycles. The predicted molar refractivity (Wildman–Crippen MR) is 101 cm³/mol. The van der Waals surface area contributed by atoms with Gasteiger partial charge in [-0.25, -0.2) is 4.79 Å². The number of para-hydroxylation sites is 2. The Balaban J connectivity index is 1.58. The summed E-state index contributed by atoms with van der Waals surface area (Å²) in [7, 11) is 0. The third-order valence-electron chi connectivity index (χ3n) is 4.35. The third kappa shape index (κ3) is 2.66. The first-order valence-corrected chi connectivity index (χ1v) is 8.51. The summed E-state index contributed by atoms with van der Waals surface area (Å²) in [6, 6.07) is 14.8. The number of ether oxygens (including phenoxy) is 1. The minimum absolute atomic E-state index is 0.145. The van der Waals surface area contributed by atoms with E-state index in [2.05, 4.69) is 9.97 Å². The van der Waals surface area contributed by atoms with Crippen LogP contribution in [0.15, 0.2) is 54.7 Å². The van der Waals surface area contributed by atoms with Gasteiger partial charge in [0.2, 0.25) is 5.78 Å². The molecule has 6 heteroatoms. The number of ketones is 1. The summed E-state index contributed by atoms with van der Waals surface area (Å²) in [4.78, 5) is 31.2. The molecule has 0 aliphatic rings. The van der Waals surface area contributed by atoms with E-state index in [9.17, 15) is 9.59 Å². The molecule has 130 valence electrons. The van der Waals surface area contributed by atoms with Gasteiger partial charge in [-0.2, -0.15) is 0 Å². The zero-order valence-corrected chi connectivity index (χ0v) is 14.6. The number of rotatable bonds is 4. The number of Topliss-reactive ketones (excluding diaryl/α,β-unsaturated/α-hetero) is 1. The van der Waals surface area contributed by atoms with Crippen LogP contribution in [0.3, 0.4) is 0 Å². The van der Waals surface area contributed by atoms with E-state index < -0.39 is 12.1 Å². The molecule has 2 heterocycles. The Hall–Kier alpha value is -3.05. The van der Waals surface area contributed by atoms with E-state index in [1.807, 2.05) is 48.5 Å². The van der Waals surface area contributed by atoms with Gasteiger partial charge in [-0.15, -0.1) is 0 Å². The molecule has 1 unspecified atom stereocenters. The van der Waals surface area contributed by atoms with Crippen LogP contribution >= 0.6 is 11.6 Å². The SMILES string of the molecule is CC(OC(=O)c1[nH]c2ccccc2c1Cl)C(=O)c1c[nH]c2ccccc12. The van der Waals surface area contributed by atoms with Crippen molar-refractivity contribution >= 4 is 45.2 Å². The first-order chi connectivity index (χ1) is 12.6. The van der Waals surface area contributed by atoms with Crippen LogP contribution in [0.2, 0.25) is 5.02 Å². The number of aromatic amines is 2. The highest BCUT2D eigenvalue weighted by Gasteiger charge is 2.25. The Morgan fingerprint density at radius 3 is 2.38 bits per heavy atom. The van der Waals surface area contributed by atoms with Crippen LogP contribution in [0.1, 0.15) is 27.8 Å². The Bertz CT molecular complexity index is 1140. The van der Waals surface area contributed by atoms with Crippen molar-refractivity contribution in [1.82, 2.24) is 9.97 Å². The molecular weight excluding hydrogens is 352 g/mol. The second-order valence-electron chi connectivity index (χ2n) is 6.02. The van der Waals surface area contributed by atoms with E-state index >= 15 is 0 Å². The normalized spacial score (nSPS) is 12.4. The lowest BCUT2D eigenvalue weighted by Gasteiger charge is -2.11. The average molecular weight is 367 g/mol. The average Bonchev–Trinajstić information content (AvgIpc) is 3.23. The molecule has 26 heavy (non-hydrogen) atoms. The van der Waals surface area contributed by atoms with Crippen molar-refractivity contribution < 1.29 is 14.3 Å². The first kappa shape index (κ1) is 16.4. The Morgan fingerprint density at radius 1 is 1.00 bits per heavy atom. The molecule has 4 aromatic rings. The van der Waals surface area contributed by atoms with Gasteiger partial charge in [0.1, 0.15) is 5.69 Å². The molecule has 2 aromatic heterocycles. The summed E-state index contributed by atoms with van der Waals surface area (Å²) < 4.78 is 5.36. The van der Waals surface area contributed by atoms with E-state index in [0.29, 0.717) is 5.56 Å². The van der Waals surface area contributed by atoms with E-state index in [0.717, 1.165) is 21.8 Å². The second kappa shape index (κ2) is 6.35. The van der Waals surface area contributed by atoms with E-state index in [4.69, 9.17) is 16.3 Å². The standard InChI is InChI=1S/C20H15ClN2O3/c1-11(19(24)14-10-22-15-8-4-2-6-12(14)15)26-20(25)18-17(21)13-7-3-5-9-16(13)23-18/h2-11,22-23H,1H3. The number of hydrogen-bond donors (Lipinski definition) is 2. The van der Waals surface area contributed by atoms with Crippen molar-refractivity contribution in [2.75, 3.05) is 0 Å². The maximum atomic E-state index is 12.7. The Labute approximate surface area is 153 Å². The molecule has 2 N–H and O–H groups in total. The summed E-state index contributed by atoms with van der Waals surface area (Å²) in [6.07, 6.45) is 0.692. The highest BCUT2D eigenvalue weighted by molar-refractivity contribution is 6.38. The number of fused-ring (bicyclic) bond motifs is 2. The van der Waals surface area contributed by atoms with Crippen molar-refractivity contribution in [2.45, 2.75) is 13.0 Å². The van der Waals surface area contributed by atoms with Crippen LogP contribution in [-0.2, 0) is 4.74 Å². The third-order valence-corrected chi connectivity index (χ3v) is 4.75. The molecule has 1 atom stereocenters. The zero-order valence-electron chi connectivity index (χ0n) is 13.9. The molecule has 0 amide bonds. The number of nitrogens with one attached hydrogen (secondary N) is 2. The smallest absolute Gasteiger partial charge is 0.357 e. The minimum Gasteiger partial charge on any atom is -0.450 e. The molecule has 2 aromatic carbocycles. The van der Waals surface area contributed by atoms with Gasteiger partial charge in [-0.1, -0.05) is 48.0 Å². The number of esters is 1. The quantitative estimate of drug-likeness (QED) is 0.405. The number of aromatic nitrogens is 2. The minimum atomic E-state index is -0.941. The predicted octanol–water partition coefficient (Wildman–Crippen LogP) is 4.73. The number of H-pyrrole nitrogens is 2. The molecule has 5 nitrogen and oxygen atoms in total. The first-order valence-electron chi connectivity index (χ1n) is 8.14. The highest BCUT2D eigenvalue weighted by Crippen LogP contribution is 2.28.